The Morgan fingerprint density at radius 3 is 2.68 bits per heavy atom. The molecule has 1 aromatic carbocycles. The van der Waals surface area contributed by atoms with E-state index in [1.54, 1.807) is 19.1 Å². The average Bonchev–Trinajstić information content (AvgIpc) is 2.50. The third kappa shape index (κ3) is 4.85. The molecule has 0 saturated carbocycles. The molecule has 1 aromatic heterocycles. The van der Waals surface area contributed by atoms with Crippen molar-refractivity contribution in [1.29, 1.82) is 0 Å². The third-order valence-corrected chi connectivity index (χ3v) is 3.75. The van der Waals surface area contributed by atoms with Gasteiger partial charge in [-0.05, 0) is 24.6 Å². The van der Waals surface area contributed by atoms with Gasteiger partial charge in [-0.2, -0.15) is 0 Å². The van der Waals surface area contributed by atoms with Crippen molar-refractivity contribution in [3.63, 3.8) is 0 Å². The van der Waals surface area contributed by atoms with E-state index in [4.69, 9.17) is 16.3 Å². The van der Waals surface area contributed by atoms with E-state index in [0.29, 0.717) is 23.7 Å². The van der Waals surface area contributed by atoms with E-state index in [1.807, 2.05) is 12.1 Å². The largest absolute Gasteiger partial charge is 0.465 e. The van der Waals surface area contributed by atoms with E-state index >= 15 is 0 Å². The van der Waals surface area contributed by atoms with Crippen LogP contribution in [0.1, 0.15) is 18.2 Å². The number of carbonyl (C=O) groups excluding carboxylic acids is 1. The summed E-state index contributed by atoms with van der Waals surface area (Å²) in [7, 11) is 0. The topological polar surface area (TPSA) is 84.9 Å². The maximum absolute atomic E-state index is 12.0. The standard InChI is InChI=1S/C14H14ClN3O3S/c1-2-21-12(19)8-22-14-16-13(20)11(17-18-14)7-9-3-5-10(15)6-4-9/h3-6H,2,7-8H2,1H3,(H,16,18,20). The molecule has 2 aromatic rings. The second kappa shape index (κ2) is 7.95. The maximum Gasteiger partial charge on any atom is 0.316 e. The number of carbonyl (C=O) groups is 1. The normalized spacial score (nSPS) is 10.5. The second-order valence-corrected chi connectivity index (χ2v) is 5.70. The number of hydrogen-bond acceptors (Lipinski definition) is 6. The monoisotopic (exact) mass is 339 g/mol. The molecule has 22 heavy (non-hydrogen) atoms. The van der Waals surface area contributed by atoms with Crippen LogP contribution in [0.15, 0.2) is 34.2 Å². The Balaban J connectivity index is 2.01. The van der Waals surface area contributed by atoms with Crippen molar-refractivity contribution in [1.82, 2.24) is 15.2 Å². The van der Waals surface area contributed by atoms with E-state index in [0.717, 1.165) is 17.3 Å². The van der Waals surface area contributed by atoms with Crippen LogP contribution in [0.3, 0.4) is 0 Å². The van der Waals surface area contributed by atoms with Crippen molar-refractivity contribution in [3.05, 3.63) is 50.9 Å². The first-order valence-corrected chi connectivity index (χ1v) is 7.93. The molecule has 0 unspecified atom stereocenters. The van der Waals surface area contributed by atoms with Gasteiger partial charge < -0.3 is 4.74 Å². The lowest BCUT2D eigenvalue weighted by atomic mass is 10.1. The van der Waals surface area contributed by atoms with Gasteiger partial charge in [0.25, 0.3) is 5.56 Å². The molecule has 8 heteroatoms. The number of H-pyrrole nitrogens is 1. The SMILES string of the molecule is CCOC(=O)CSc1nnc(Cc2ccc(Cl)cc2)c(=O)[nH]1. The number of aromatic nitrogens is 3. The molecule has 0 fully saturated rings. The van der Waals surface area contributed by atoms with E-state index in [9.17, 15) is 9.59 Å². The van der Waals surface area contributed by atoms with E-state index in [-0.39, 0.29) is 22.4 Å². The Morgan fingerprint density at radius 1 is 1.32 bits per heavy atom. The Labute approximate surface area is 136 Å². The van der Waals surface area contributed by atoms with Crippen molar-refractivity contribution < 1.29 is 9.53 Å². The summed E-state index contributed by atoms with van der Waals surface area (Å²) in [6.07, 6.45) is 0.363. The van der Waals surface area contributed by atoms with Gasteiger partial charge in [-0.25, -0.2) is 0 Å². The van der Waals surface area contributed by atoms with Gasteiger partial charge in [-0.1, -0.05) is 35.5 Å². The van der Waals surface area contributed by atoms with Gasteiger partial charge in [0.05, 0.1) is 12.4 Å². The number of rotatable bonds is 6. The van der Waals surface area contributed by atoms with Crippen molar-refractivity contribution in [2.45, 2.75) is 18.5 Å². The summed E-state index contributed by atoms with van der Waals surface area (Å²) >= 11 is 6.89. The molecule has 2 rings (SSSR count). The lowest BCUT2D eigenvalue weighted by Gasteiger charge is -2.03. The van der Waals surface area contributed by atoms with Crippen molar-refractivity contribution in [3.8, 4) is 0 Å². The Hall–Kier alpha value is -1.86. The summed E-state index contributed by atoms with van der Waals surface area (Å²) in [5, 5.41) is 8.75. The number of ether oxygens (including phenoxy) is 1. The molecule has 0 aliphatic rings. The number of esters is 1. The highest BCUT2D eigenvalue weighted by atomic mass is 35.5. The molecule has 0 aliphatic carbocycles. The smallest absolute Gasteiger partial charge is 0.316 e. The van der Waals surface area contributed by atoms with Gasteiger partial charge in [0.1, 0.15) is 5.69 Å². The van der Waals surface area contributed by atoms with Gasteiger partial charge in [0, 0.05) is 11.4 Å². The third-order valence-electron chi connectivity index (χ3n) is 2.66. The lowest BCUT2D eigenvalue weighted by Crippen LogP contribution is -2.18. The molecule has 0 amide bonds. The van der Waals surface area contributed by atoms with Crippen LogP contribution in [0, 0.1) is 0 Å². The van der Waals surface area contributed by atoms with Crippen LogP contribution in [0.5, 0.6) is 0 Å². The van der Waals surface area contributed by atoms with Crippen LogP contribution in [-0.4, -0.2) is 33.5 Å². The number of nitrogens with one attached hydrogen (secondary N) is 1. The summed E-state index contributed by atoms with van der Waals surface area (Å²) in [4.78, 5) is 25.8. The molecule has 0 saturated heterocycles. The number of nitrogens with zero attached hydrogens (tertiary/aromatic N) is 2. The molecule has 0 bridgehead atoms. The first-order valence-electron chi connectivity index (χ1n) is 6.57. The van der Waals surface area contributed by atoms with Crippen LogP contribution in [0.4, 0.5) is 0 Å². The minimum Gasteiger partial charge on any atom is -0.465 e. The molecule has 116 valence electrons. The molecule has 1 heterocycles. The second-order valence-electron chi connectivity index (χ2n) is 4.30. The molecule has 0 radical (unpaired) electrons. The van der Waals surface area contributed by atoms with Crippen molar-refractivity contribution in [2.75, 3.05) is 12.4 Å². The van der Waals surface area contributed by atoms with Crippen molar-refractivity contribution >= 4 is 29.3 Å². The summed E-state index contributed by atoms with van der Waals surface area (Å²) in [6.45, 7) is 2.05. The molecule has 0 atom stereocenters. The van der Waals surface area contributed by atoms with Gasteiger partial charge in [-0.3, -0.25) is 14.6 Å². The fourth-order valence-electron chi connectivity index (χ4n) is 1.65. The van der Waals surface area contributed by atoms with Crippen LogP contribution in [0.2, 0.25) is 5.02 Å². The van der Waals surface area contributed by atoms with Crippen LogP contribution in [-0.2, 0) is 16.0 Å². The van der Waals surface area contributed by atoms with E-state index < -0.39 is 0 Å². The summed E-state index contributed by atoms with van der Waals surface area (Å²) < 4.78 is 4.80. The predicted octanol–water partition coefficient (Wildman–Crippen LogP) is 2.06. The van der Waals surface area contributed by atoms with E-state index in [2.05, 4.69) is 15.2 Å². The number of hydrogen-bond donors (Lipinski definition) is 1. The first-order chi connectivity index (χ1) is 10.6. The Morgan fingerprint density at radius 2 is 2.05 bits per heavy atom. The number of thioether (sulfide) groups is 1. The quantitative estimate of drug-likeness (QED) is 0.640. The molecule has 1 N–H and O–H groups in total. The Kier molecular flexibility index (Phi) is 5.97. The molecule has 0 spiro atoms. The van der Waals surface area contributed by atoms with Gasteiger partial charge in [-0.15, -0.1) is 10.2 Å². The van der Waals surface area contributed by atoms with Gasteiger partial charge in [0.15, 0.2) is 5.16 Å². The minimum absolute atomic E-state index is 0.0784. The summed E-state index contributed by atoms with van der Waals surface area (Å²) in [5.41, 5.74) is 0.898. The molecular formula is C14H14ClN3O3S. The van der Waals surface area contributed by atoms with Crippen molar-refractivity contribution in [2.24, 2.45) is 0 Å². The lowest BCUT2D eigenvalue weighted by molar-refractivity contribution is -0.139. The summed E-state index contributed by atoms with van der Waals surface area (Å²) in [5.74, 6) is -0.282. The zero-order valence-corrected chi connectivity index (χ0v) is 13.4. The van der Waals surface area contributed by atoms with Gasteiger partial charge in [0.2, 0.25) is 0 Å². The minimum atomic E-state index is -0.361. The average molecular weight is 340 g/mol. The highest BCUT2D eigenvalue weighted by Gasteiger charge is 2.09. The van der Waals surface area contributed by atoms with Gasteiger partial charge >= 0.3 is 5.97 Å². The predicted molar refractivity (Wildman–Crippen MR) is 84.3 cm³/mol. The highest BCUT2D eigenvalue weighted by Crippen LogP contribution is 2.12. The number of benzene rings is 1. The van der Waals surface area contributed by atoms with Crippen LogP contribution < -0.4 is 5.56 Å². The number of aromatic amines is 1. The summed E-state index contributed by atoms with van der Waals surface area (Å²) in [6, 6.07) is 7.16. The zero-order chi connectivity index (χ0) is 15.9. The van der Waals surface area contributed by atoms with Crippen LogP contribution >= 0.6 is 23.4 Å². The van der Waals surface area contributed by atoms with E-state index in [1.165, 1.54) is 0 Å². The number of halogens is 1. The fraction of sp³-hybridized carbons (Fsp3) is 0.286. The molecule has 6 nitrogen and oxygen atoms in total. The van der Waals surface area contributed by atoms with Crippen LogP contribution in [0.25, 0.3) is 0 Å². The first kappa shape index (κ1) is 16.5. The zero-order valence-electron chi connectivity index (χ0n) is 11.8. The fourth-order valence-corrected chi connectivity index (χ4v) is 2.38. The Bertz CT molecular complexity index is 703. The highest BCUT2D eigenvalue weighted by molar-refractivity contribution is 7.99. The molecular weight excluding hydrogens is 326 g/mol. The maximum atomic E-state index is 12.0. The molecule has 0 aliphatic heterocycles.